The van der Waals surface area contributed by atoms with Gasteiger partial charge in [-0.25, -0.2) is 0 Å². The van der Waals surface area contributed by atoms with Crippen molar-refractivity contribution in [3.05, 3.63) is 21.9 Å². The van der Waals surface area contributed by atoms with Crippen molar-refractivity contribution in [2.24, 2.45) is 11.1 Å². The molecule has 1 aliphatic rings. The van der Waals surface area contributed by atoms with Crippen LogP contribution in [0.2, 0.25) is 0 Å². The number of aliphatic hydroxyl groups is 1. The van der Waals surface area contributed by atoms with Crippen molar-refractivity contribution < 1.29 is 5.11 Å². The molecule has 0 saturated carbocycles. The zero-order valence-electron chi connectivity index (χ0n) is 11.5. The van der Waals surface area contributed by atoms with Crippen LogP contribution in [0, 0.1) is 12.3 Å². The van der Waals surface area contributed by atoms with Crippen LogP contribution in [0.15, 0.2) is 11.4 Å². The van der Waals surface area contributed by atoms with Gasteiger partial charge >= 0.3 is 0 Å². The second-order valence-electron chi connectivity index (χ2n) is 5.98. The van der Waals surface area contributed by atoms with Gasteiger partial charge in [0.1, 0.15) is 0 Å². The number of nitrogens with zero attached hydrogens (tertiary/aromatic N) is 1. The first-order valence-electron chi connectivity index (χ1n) is 6.62. The van der Waals surface area contributed by atoms with E-state index in [2.05, 4.69) is 37.1 Å². The van der Waals surface area contributed by atoms with E-state index in [0.717, 1.165) is 19.5 Å². The fraction of sp³-hybridized carbons (Fsp3) is 0.714. The van der Waals surface area contributed by atoms with Gasteiger partial charge in [-0.3, -0.25) is 4.90 Å². The van der Waals surface area contributed by atoms with Crippen molar-refractivity contribution in [2.75, 3.05) is 19.6 Å². The summed E-state index contributed by atoms with van der Waals surface area (Å²) in [5.74, 6) is 0. The van der Waals surface area contributed by atoms with E-state index < -0.39 is 0 Å². The Balaban J connectivity index is 2.17. The summed E-state index contributed by atoms with van der Waals surface area (Å²) in [5.41, 5.74) is 7.28. The molecule has 4 heteroatoms. The van der Waals surface area contributed by atoms with Gasteiger partial charge in [0.25, 0.3) is 0 Å². The molecule has 0 radical (unpaired) electrons. The Labute approximate surface area is 114 Å². The van der Waals surface area contributed by atoms with Crippen LogP contribution in [-0.2, 0) is 0 Å². The molecule has 0 aliphatic carbocycles. The van der Waals surface area contributed by atoms with Crippen molar-refractivity contribution in [1.82, 2.24) is 4.90 Å². The Kier molecular flexibility index (Phi) is 4.11. The van der Waals surface area contributed by atoms with Gasteiger partial charge in [0.05, 0.1) is 12.1 Å². The third-order valence-corrected chi connectivity index (χ3v) is 5.19. The molecule has 3 N–H and O–H groups in total. The highest BCUT2D eigenvalue weighted by Crippen LogP contribution is 2.35. The van der Waals surface area contributed by atoms with Gasteiger partial charge in [-0.2, -0.15) is 0 Å². The molecule has 1 aromatic rings. The number of thiophene rings is 1. The Hall–Kier alpha value is -0.420. The Morgan fingerprint density at radius 1 is 1.61 bits per heavy atom. The number of aryl methyl sites for hydroxylation is 1. The largest absolute Gasteiger partial charge is 0.392 e. The van der Waals surface area contributed by atoms with Gasteiger partial charge in [0.2, 0.25) is 0 Å². The normalized spacial score (nSPS) is 26.2. The van der Waals surface area contributed by atoms with E-state index in [1.165, 1.54) is 10.4 Å². The highest BCUT2D eigenvalue weighted by Gasteiger charge is 2.37. The molecule has 2 unspecified atom stereocenters. The number of piperidine rings is 1. The summed E-state index contributed by atoms with van der Waals surface area (Å²) in [4.78, 5) is 3.82. The molecule has 2 heterocycles. The van der Waals surface area contributed by atoms with E-state index in [1.54, 1.807) is 11.3 Å². The fourth-order valence-corrected chi connectivity index (χ4v) is 3.88. The lowest BCUT2D eigenvalue weighted by Crippen LogP contribution is -2.50. The molecular formula is C14H24N2OS. The first kappa shape index (κ1) is 14.0. The zero-order valence-corrected chi connectivity index (χ0v) is 12.3. The highest BCUT2D eigenvalue weighted by molar-refractivity contribution is 7.10. The third kappa shape index (κ3) is 2.62. The standard InChI is InChI=1S/C14H24N2OS/c1-10-5-7-18-13(10)11(8-15)16-6-4-12(17)14(2,3)9-16/h5,7,11-12,17H,4,6,8-9,15H2,1-3H3. The highest BCUT2D eigenvalue weighted by atomic mass is 32.1. The molecule has 0 bridgehead atoms. The minimum atomic E-state index is -0.198. The van der Waals surface area contributed by atoms with Crippen LogP contribution >= 0.6 is 11.3 Å². The summed E-state index contributed by atoms with van der Waals surface area (Å²) in [6, 6.07) is 2.46. The van der Waals surface area contributed by atoms with E-state index in [9.17, 15) is 5.11 Å². The molecule has 1 aliphatic heterocycles. The summed E-state index contributed by atoms with van der Waals surface area (Å²) < 4.78 is 0. The van der Waals surface area contributed by atoms with Gasteiger partial charge in [0.15, 0.2) is 0 Å². The van der Waals surface area contributed by atoms with E-state index in [4.69, 9.17) is 5.73 Å². The van der Waals surface area contributed by atoms with Crippen LogP contribution in [0.4, 0.5) is 0 Å². The monoisotopic (exact) mass is 268 g/mol. The van der Waals surface area contributed by atoms with Crippen LogP contribution in [0.5, 0.6) is 0 Å². The maximum absolute atomic E-state index is 10.0. The lowest BCUT2D eigenvalue weighted by atomic mass is 9.80. The Bertz CT molecular complexity index is 402. The van der Waals surface area contributed by atoms with Gasteiger partial charge in [-0.05, 0) is 30.4 Å². The van der Waals surface area contributed by atoms with Crippen molar-refractivity contribution in [3.63, 3.8) is 0 Å². The molecule has 2 rings (SSSR count). The van der Waals surface area contributed by atoms with Crippen LogP contribution in [0.1, 0.15) is 36.8 Å². The maximum Gasteiger partial charge on any atom is 0.0615 e. The second-order valence-corrected chi connectivity index (χ2v) is 6.93. The third-order valence-electron chi connectivity index (χ3n) is 4.07. The lowest BCUT2D eigenvalue weighted by molar-refractivity contribution is -0.0371. The molecular weight excluding hydrogens is 244 g/mol. The van der Waals surface area contributed by atoms with Gasteiger partial charge in [0, 0.05) is 29.9 Å². The summed E-state index contributed by atoms with van der Waals surface area (Å²) in [6.45, 7) is 8.92. The number of likely N-dealkylation sites (tertiary alicyclic amines) is 1. The van der Waals surface area contributed by atoms with Crippen LogP contribution in [0.3, 0.4) is 0 Å². The molecule has 1 saturated heterocycles. The van der Waals surface area contributed by atoms with Gasteiger partial charge in [-0.1, -0.05) is 13.8 Å². The summed E-state index contributed by atoms with van der Waals surface area (Å²) in [7, 11) is 0. The zero-order chi connectivity index (χ0) is 13.3. The molecule has 0 spiro atoms. The average molecular weight is 268 g/mol. The number of hydrogen-bond donors (Lipinski definition) is 2. The molecule has 0 aromatic carbocycles. The molecule has 3 nitrogen and oxygen atoms in total. The molecule has 102 valence electrons. The van der Waals surface area contributed by atoms with E-state index >= 15 is 0 Å². The molecule has 1 aromatic heterocycles. The number of aliphatic hydroxyl groups excluding tert-OH is 1. The van der Waals surface area contributed by atoms with Crippen LogP contribution < -0.4 is 5.73 Å². The number of hydrogen-bond acceptors (Lipinski definition) is 4. The second kappa shape index (κ2) is 5.29. The average Bonchev–Trinajstić information content (AvgIpc) is 2.71. The first-order chi connectivity index (χ1) is 8.45. The minimum Gasteiger partial charge on any atom is -0.392 e. The van der Waals surface area contributed by atoms with Crippen molar-refractivity contribution in [1.29, 1.82) is 0 Å². The first-order valence-corrected chi connectivity index (χ1v) is 7.50. The maximum atomic E-state index is 10.0. The Morgan fingerprint density at radius 2 is 2.33 bits per heavy atom. The predicted octanol–water partition coefficient (Wildman–Crippen LogP) is 2.15. The number of nitrogens with two attached hydrogens (primary N) is 1. The van der Waals surface area contributed by atoms with E-state index in [0.29, 0.717) is 12.6 Å². The predicted molar refractivity (Wildman–Crippen MR) is 76.8 cm³/mol. The topological polar surface area (TPSA) is 49.5 Å². The van der Waals surface area contributed by atoms with E-state index in [1.807, 2.05) is 0 Å². The molecule has 18 heavy (non-hydrogen) atoms. The molecule has 2 atom stereocenters. The van der Waals surface area contributed by atoms with Crippen LogP contribution in [-0.4, -0.2) is 35.7 Å². The number of rotatable bonds is 3. The quantitative estimate of drug-likeness (QED) is 0.883. The van der Waals surface area contributed by atoms with Gasteiger partial charge in [-0.15, -0.1) is 11.3 Å². The summed E-state index contributed by atoms with van der Waals surface area (Å²) in [6.07, 6.45) is 0.644. The van der Waals surface area contributed by atoms with Crippen LogP contribution in [0.25, 0.3) is 0 Å². The lowest BCUT2D eigenvalue weighted by Gasteiger charge is -2.44. The van der Waals surface area contributed by atoms with Crippen molar-refractivity contribution in [3.8, 4) is 0 Å². The van der Waals surface area contributed by atoms with Gasteiger partial charge < -0.3 is 10.8 Å². The summed E-state index contributed by atoms with van der Waals surface area (Å²) in [5, 5.41) is 12.2. The van der Waals surface area contributed by atoms with Crippen molar-refractivity contribution in [2.45, 2.75) is 39.3 Å². The summed E-state index contributed by atoms with van der Waals surface area (Å²) >= 11 is 1.79. The van der Waals surface area contributed by atoms with Crippen molar-refractivity contribution >= 4 is 11.3 Å². The smallest absolute Gasteiger partial charge is 0.0615 e. The fourth-order valence-electron chi connectivity index (χ4n) is 2.80. The SMILES string of the molecule is Cc1ccsc1C(CN)N1CCC(O)C(C)(C)C1. The minimum absolute atomic E-state index is 0.0448. The molecule has 1 fully saturated rings. The molecule has 0 amide bonds. The van der Waals surface area contributed by atoms with E-state index in [-0.39, 0.29) is 11.5 Å². The Morgan fingerprint density at radius 3 is 2.83 bits per heavy atom.